The van der Waals surface area contributed by atoms with Crippen molar-refractivity contribution in [2.75, 3.05) is 13.1 Å². The lowest BCUT2D eigenvalue weighted by Gasteiger charge is -2.33. The van der Waals surface area contributed by atoms with E-state index >= 15 is 0 Å². The monoisotopic (exact) mass is 477 g/mol. The Balaban J connectivity index is 2.21. The molecule has 0 N–H and O–H groups in total. The molecule has 34 heavy (non-hydrogen) atoms. The molecule has 0 aliphatic carbocycles. The van der Waals surface area contributed by atoms with E-state index in [1.165, 1.54) is 167 Å². The summed E-state index contributed by atoms with van der Waals surface area (Å²) in [5, 5.41) is 0. The minimum atomic E-state index is 0.643. The third-order valence-corrected chi connectivity index (χ3v) is 7.82. The molecule has 2 heteroatoms. The van der Waals surface area contributed by atoms with Crippen LogP contribution in [0.15, 0.2) is 12.4 Å². The van der Waals surface area contributed by atoms with Gasteiger partial charge >= 0.3 is 0 Å². The first-order valence-electron chi connectivity index (χ1n) is 16.0. The third-order valence-electron chi connectivity index (χ3n) is 7.82. The van der Waals surface area contributed by atoms with Gasteiger partial charge in [-0.2, -0.15) is 0 Å². The Hall–Kier alpha value is -0.660. The highest BCUT2D eigenvalue weighted by Gasteiger charge is 2.24. The third kappa shape index (κ3) is 16.9. The van der Waals surface area contributed by atoms with Crippen molar-refractivity contribution >= 4 is 0 Å². The molecule has 1 heterocycles. The van der Waals surface area contributed by atoms with Gasteiger partial charge in [0.05, 0.1) is 0 Å². The maximum absolute atomic E-state index is 2.69. The molecule has 0 fully saturated rings. The molecule has 1 unspecified atom stereocenters. The van der Waals surface area contributed by atoms with Crippen molar-refractivity contribution in [3.63, 3.8) is 0 Å². The van der Waals surface area contributed by atoms with E-state index < -0.39 is 0 Å². The molecule has 1 atom stereocenters. The van der Waals surface area contributed by atoms with Gasteiger partial charge in [-0.25, -0.2) is 0 Å². The molecule has 202 valence electrons. The number of unbranched alkanes of at least 4 members (excludes halogenated alkanes) is 20. The Morgan fingerprint density at radius 3 is 1.06 bits per heavy atom. The summed E-state index contributed by atoms with van der Waals surface area (Å²) >= 11 is 0. The van der Waals surface area contributed by atoms with Crippen LogP contribution in [0.1, 0.15) is 175 Å². The average molecular weight is 477 g/mol. The molecule has 0 amide bonds. The van der Waals surface area contributed by atoms with Gasteiger partial charge in [0.2, 0.25) is 0 Å². The van der Waals surface area contributed by atoms with E-state index in [0.717, 1.165) is 0 Å². The summed E-state index contributed by atoms with van der Waals surface area (Å²) in [4.78, 5) is 5.37. The second-order valence-electron chi connectivity index (χ2n) is 11.1. The molecular weight excluding hydrogens is 412 g/mol. The van der Waals surface area contributed by atoms with Crippen LogP contribution in [0.5, 0.6) is 0 Å². The second-order valence-corrected chi connectivity index (χ2v) is 11.1. The molecule has 1 aliphatic heterocycles. The zero-order valence-corrected chi connectivity index (χ0v) is 24.0. The molecule has 0 aromatic carbocycles. The smallest absolute Gasteiger partial charge is 0.101 e. The maximum atomic E-state index is 2.69. The molecule has 1 rings (SSSR count). The van der Waals surface area contributed by atoms with E-state index in [2.05, 4.69) is 43.0 Å². The Morgan fingerprint density at radius 1 is 0.382 bits per heavy atom. The Bertz CT molecular complexity index is 433. The van der Waals surface area contributed by atoms with E-state index in [4.69, 9.17) is 0 Å². The molecule has 1 aliphatic rings. The first-order valence-corrected chi connectivity index (χ1v) is 16.0. The molecule has 0 spiro atoms. The summed E-state index contributed by atoms with van der Waals surface area (Å²) in [5.41, 5.74) is 0. The summed E-state index contributed by atoms with van der Waals surface area (Å²) in [7, 11) is 0. The van der Waals surface area contributed by atoms with Gasteiger partial charge in [0.25, 0.3) is 0 Å². The Kier molecular flexibility index (Phi) is 22.2. The van der Waals surface area contributed by atoms with Gasteiger partial charge in [-0.05, 0) is 25.7 Å². The number of hydrogen-bond donors (Lipinski definition) is 0. The predicted molar refractivity (Wildman–Crippen MR) is 154 cm³/mol. The van der Waals surface area contributed by atoms with Crippen molar-refractivity contribution in [3.05, 3.63) is 12.4 Å². The molecule has 0 aromatic heterocycles. The molecule has 0 bridgehead atoms. The molecule has 0 saturated carbocycles. The van der Waals surface area contributed by atoms with Crippen LogP contribution in [0, 0.1) is 0 Å². The van der Waals surface area contributed by atoms with Crippen LogP contribution in [0.2, 0.25) is 0 Å². The molecular formula is C32H64N2. The van der Waals surface area contributed by atoms with E-state index in [-0.39, 0.29) is 0 Å². The van der Waals surface area contributed by atoms with Crippen molar-refractivity contribution in [2.24, 2.45) is 0 Å². The number of nitrogens with zero attached hydrogens (tertiary/aromatic N) is 2. The lowest BCUT2D eigenvalue weighted by atomic mass is 10.0. The number of rotatable bonds is 26. The van der Waals surface area contributed by atoms with Crippen LogP contribution in [-0.4, -0.2) is 29.1 Å². The summed E-state index contributed by atoms with van der Waals surface area (Å²) in [6, 6.07) is 0. The number of hydrogen-bond acceptors (Lipinski definition) is 2. The van der Waals surface area contributed by atoms with Gasteiger partial charge in [0, 0.05) is 25.5 Å². The normalized spacial score (nSPS) is 15.7. The SMILES string of the molecule is CCCCCCCCCCCCN1C=CN(CCCCCC)C1CCCCCCCCCCC. The molecule has 0 saturated heterocycles. The standard InChI is InChI=1S/C32H64N2/c1-4-7-10-13-15-17-19-21-23-26-29-34-31-30-33(28-25-12-9-6-3)32(34)27-24-22-20-18-16-14-11-8-5-2/h30-32H,4-29H2,1-3H3. The molecule has 2 nitrogen and oxygen atoms in total. The van der Waals surface area contributed by atoms with Crippen molar-refractivity contribution in [1.29, 1.82) is 0 Å². The summed E-state index contributed by atoms with van der Waals surface area (Å²) in [6.07, 6.45) is 39.5. The van der Waals surface area contributed by atoms with E-state index in [0.29, 0.717) is 6.17 Å². The highest BCUT2D eigenvalue weighted by Crippen LogP contribution is 2.24. The van der Waals surface area contributed by atoms with E-state index in [1.807, 2.05) is 0 Å². The van der Waals surface area contributed by atoms with Gasteiger partial charge in [0.15, 0.2) is 0 Å². The fourth-order valence-electron chi connectivity index (χ4n) is 5.48. The first kappa shape index (κ1) is 31.4. The molecule has 0 aromatic rings. The Morgan fingerprint density at radius 2 is 0.676 bits per heavy atom. The fraction of sp³-hybridized carbons (Fsp3) is 0.938. The van der Waals surface area contributed by atoms with Crippen molar-refractivity contribution in [3.8, 4) is 0 Å². The molecule has 0 radical (unpaired) electrons. The topological polar surface area (TPSA) is 6.48 Å². The minimum absolute atomic E-state index is 0.643. The summed E-state index contributed by atoms with van der Waals surface area (Å²) in [6.45, 7) is 9.46. The van der Waals surface area contributed by atoms with Gasteiger partial charge < -0.3 is 9.80 Å². The summed E-state index contributed by atoms with van der Waals surface area (Å²) < 4.78 is 0. The zero-order valence-electron chi connectivity index (χ0n) is 24.0. The minimum Gasteiger partial charge on any atom is -0.356 e. The summed E-state index contributed by atoms with van der Waals surface area (Å²) in [5.74, 6) is 0. The van der Waals surface area contributed by atoms with Gasteiger partial charge in [-0.1, -0.05) is 149 Å². The maximum Gasteiger partial charge on any atom is 0.101 e. The lowest BCUT2D eigenvalue weighted by molar-refractivity contribution is 0.135. The van der Waals surface area contributed by atoms with Crippen LogP contribution in [-0.2, 0) is 0 Å². The van der Waals surface area contributed by atoms with Crippen molar-refractivity contribution < 1.29 is 0 Å². The zero-order chi connectivity index (χ0) is 24.5. The van der Waals surface area contributed by atoms with Crippen LogP contribution in [0.4, 0.5) is 0 Å². The second kappa shape index (κ2) is 24.1. The van der Waals surface area contributed by atoms with E-state index in [9.17, 15) is 0 Å². The van der Waals surface area contributed by atoms with Gasteiger partial charge in [0.1, 0.15) is 6.17 Å². The Labute approximate surface area is 216 Å². The fourth-order valence-corrected chi connectivity index (χ4v) is 5.48. The van der Waals surface area contributed by atoms with Crippen LogP contribution in [0.3, 0.4) is 0 Å². The van der Waals surface area contributed by atoms with Crippen LogP contribution >= 0.6 is 0 Å². The van der Waals surface area contributed by atoms with Crippen LogP contribution < -0.4 is 0 Å². The average Bonchev–Trinajstić information content (AvgIpc) is 3.23. The quantitative estimate of drug-likeness (QED) is 0.114. The highest BCUT2D eigenvalue weighted by molar-refractivity contribution is 4.97. The first-order chi connectivity index (χ1) is 16.8. The van der Waals surface area contributed by atoms with E-state index in [1.54, 1.807) is 0 Å². The van der Waals surface area contributed by atoms with Crippen LogP contribution in [0.25, 0.3) is 0 Å². The lowest BCUT2D eigenvalue weighted by Crippen LogP contribution is -2.39. The van der Waals surface area contributed by atoms with Crippen molar-refractivity contribution in [1.82, 2.24) is 9.80 Å². The van der Waals surface area contributed by atoms with Gasteiger partial charge in [-0.3, -0.25) is 0 Å². The predicted octanol–water partition coefficient (Wildman–Crippen LogP) is 10.8. The van der Waals surface area contributed by atoms with Gasteiger partial charge in [-0.15, -0.1) is 0 Å². The van der Waals surface area contributed by atoms with Crippen molar-refractivity contribution in [2.45, 2.75) is 181 Å². The largest absolute Gasteiger partial charge is 0.356 e. The highest BCUT2D eigenvalue weighted by atomic mass is 15.4.